The van der Waals surface area contributed by atoms with Gasteiger partial charge in [-0.2, -0.15) is 44.8 Å². The lowest BCUT2D eigenvalue weighted by Gasteiger charge is -2.31. The monoisotopic (exact) mass is 735 g/mol. The molecule has 43 heavy (non-hydrogen) atoms. The van der Waals surface area contributed by atoms with Crippen molar-refractivity contribution in [2.75, 3.05) is 17.3 Å². The average Bonchev–Trinajstić information content (AvgIpc) is 2.90. The van der Waals surface area contributed by atoms with Crippen LogP contribution >= 0.6 is 22.6 Å². The fourth-order valence-electron chi connectivity index (χ4n) is 3.80. The van der Waals surface area contributed by atoms with E-state index in [0.29, 0.717) is 0 Å². The summed E-state index contributed by atoms with van der Waals surface area (Å²) in [6.07, 6.45) is -19.2. The van der Waals surface area contributed by atoms with Crippen LogP contribution in [0.3, 0.4) is 0 Å². The van der Waals surface area contributed by atoms with Crippen molar-refractivity contribution in [3.05, 3.63) is 91.8 Å². The highest BCUT2D eigenvalue weighted by atomic mass is 127. The first-order valence-corrected chi connectivity index (χ1v) is 12.3. The Morgan fingerprint density at radius 3 is 2.00 bits per heavy atom. The third-order valence-electron chi connectivity index (χ3n) is 5.94. The van der Waals surface area contributed by atoms with E-state index >= 15 is 4.39 Å². The first-order valence-electron chi connectivity index (χ1n) is 11.3. The van der Waals surface area contributed by atoms with E-state index in [4.69, 9.17) is 5.26 Å². The Morgan fingerprint density at radius 2 is 1.47 bits per heavy atom. The van der Waals surface area contributed by atoms with E-state index < -0.39 is 79.5 Å². The number of rotatable bonds is 5. The highest BCUT2D eigenvalue weighted by Crippen LogP contribution is 2.54. The van der Waals surface area contributed by atoms with Crippen LogP contribution < -0.4 is 10.2 Å². The van der Waals surface area contributed by atoms with Crippen LogP contribution in [0.4, 0.5) is 59.7 Å². The lowest BCUT2D eigenvalue weighted by Crippen LogP contribution is -2.50. The van der Waals surface area contributed by atoms with E-state index in [1.807, 2.05) is 0 Å². The van der Waals surface area contributed by atoms with Crippen molar-refractivity contribution in [2.24, 2.45) is 0 Å². The van der Waals surface area contributed by atoms with Crippen molar-refractivity contribution in [2.45, 2.75) is 24.2 Å². The standard InChI is InChI=1S/C26H13F11IN3O2/c1-41(22(43)13-5-2-4-12(8-13)11-39)18-7-3-6-15(19(18)27)21(42)40-20-16(24(29,30)31)9-14(10-17(20)38)23(28,25(32,33)34)26(35,36)37/h2-10H,1H3,(H,40,42). The van der Waals surface area contributed by atoms with Gasteiger partial charge in [-0.3, -0.25) is 9.59 Å². The van der Waals surface area contributed by atoms with E-state index in [1.165, 1.54) is 24.3 Å². The Balaban J connectivity index is 2.08. The molecule has 0 saturated heterocycles. The minimum Gasteiger partial charge on any atom is -0.320 e. The van der Waals surface area contributed by atoms with Gasteiger partial charge in [0, 0.05) is 21.7 Å². The molecule has 3 aromatic rings. The average molecular weight is 735 g/mol. The van der Waals surface area contributed by atoms with Gasteiger partial charge in [0.2, 0.25) is 0 Å². The topological polar surface area (TPSA) is 73.2 Å². The van der Waals surface area contributed by atoms with Crippen LogP contribution in [0.15, 0.2) is 54.6 Å². The summed E-state index contributed by atoms with van der Waals surface area (Å²) in [5, 5.41) is 10.6. The molecule has 17 heteroatoms. The SMILES string of the molecule is CN(C(=O)c1cccc(C#N)c1)c1cccc(C(=O)Nc2c(I)cc(C(F)(C(F)(F)F)C(F)(F)F)cc2C(F)(F)F)c1F. The van der Waals surface area contributed by atoms with Gasteiger partial charge >= 0.3 is 24.2 Å². The smallest absolute Gasteiger partial charge is 0.320 e. The summed E-state index contributed by atoms with van der Waals surface area (Å²) >= 11 is 0.862. The lowest BCUT2D eigenvalue weighted by atomic mass is 9.92. The van der Waals surface area contributed by atoms with Gasteiger partial charge < -0.3 is 10.2 Å². The molecule has 0 aromatic heterocycles. The second-order valence-corrected chi connectivity index (χ2v) is 9.84. The Kier molecular flexibility index (Phi) is 9.07. The maximum atomic E-state index is 15.4. The van der Waals surface area contributed by atoms with Crippen molar-refractivity contribution in [3.8, 4) is 6.07 Å². The van der Waals surface area contributed by atoms with Gasteiger partial charge in [0.15, 0.2) is 5.82 Å². The number of nitrogens with zero attached hydrogens (tertiary/aromatic N) is 2. The number of hydrogen-bond donors (Lipinski definition) is 1. The van der Waals surface area contributed by atoms with Crippen molar-refractivity contribution >= 4 is 45.8 Å². The van der Waals surface area contributed by atoms with Crippen molar-refractivity contribution < 1.29 is 57.9 Å². The molecule has 228 valence electrons. The summed E-state index contributed by atoms with van der Waals surface area (Å²) in [4.78, 5) is 26.4. The van der Waals surface area contributed by atoms with Crippen LogP contribution in [-0.4, -0.2) is 31.2 Å². The van der Waals surface area contributed by atoms with Gasteiger partial charge in [-0.05, 0) is 65.1 Å². The fraction of sp³-hybridized carbons (Fsp3) is 0.192. The van der Waals surface area contributed by atoms with Crippen LogP contribution in [0.5, 0.6) is 0 Å². The van der Waals surface area contributed by atoms with Gasteiger partial charge in [-0.1, -0.05) is 12.1 Å². The summed E-state index contributed by atoms with van der Waals surface area (Å²) < 4.78 is 149. The van der Waals surface area contributed by atoms with Gasteiger partial charge in [0.05, 0.1) is 34.1 Å². The van der Waals surface area contributed by atoms with Crippen molar-refractivity contribution in [1.82, 2.24) is 0 Å². The number of carbonyl (C=O) groups is 2. The molecule has 0 heterocycles. The van der Waals surface area contributed by atoms with Crippen LogP contribution in [0.25, 0.3) is 0 Å². The molecule has 0 spiro atoms. The molecule has 3 rings (SSSR count). The van der Waals surface area contributed by atoms with Gasteiger partial charge in [-0.15, -0.1) is 0 Å². The fourth-order valence-corrected chi connectivity index (χ4v) is 4.56. The molecule has 0 aliphatic rings. The number of amides is 2. The summed E-state index contributed by atoms with van der Waals surface area (Å²) in [6.45, 7) is 0. The molecule has 2 amide bonds. The molecular formula is C26H13F11IN3O2. The molecule has 0 bridgehead atoms. The molecule has 3 aromatic carbocycles. The molecule has 0 fully saturated rings. The predicted octanol–water partition coefficient (Wildman–Crippen LogP) is 8.14. The highest BCUT2D eigenvalue weighted by molar-refractivity contribution is 14.1. The number of anilines is 2. The molecule has 1 N–H and O–H groups in total. The lowest BCUT2D eigenvalue weighted by molar-refractivity contribution is -0.348. The largest absolute Gasteiger partial charge is 0.435 e. The second kappa shape index (κ2) is 11.6. The number of halogens is 12. The number of benzene rings is 3. The Bertz CT molecular complexity index is 1610. The minimum absolute atomic E-state index is 0.0677. The van der Waals surface area contributed by atoms with E-state index in [-0.39, 0.29) is 17.2 Å². The van der Waals surface area contributed by atoms with E-state index in [0.717, 1.165) is 52.7 Å². The quantitative estimate of drug-likeness (QED) is 0.213. The number of carbonyl (C=O) groups excluding carboxylic acids is 2. The number of nitriles is 1. The van der Waals surface area contributed by atoms with E-state index in [9.17, 15) is 53.5 Å². The zero-order chi connectivity index (χ0) is 32.7. The number of hydrogen-bond acceptors (Lipinski definition) is 3. The summed E-state index contributed by atoms with van der Waals surface area (Å²) in [5.74, 6) is -3.94. The Labute approximate surface area is 248 Å². The first kappa shape index (κ1) is 33.6. The van der Waals surface area contributed by atoms with Crippen molar-refractivity contribution in [1.29, 1.82) is 5.26 Å². The van der Waals surface area contributed by atoms with Crippen LogP contribution in [0.2, 0.25) is 0 Å². The number of nitrogens with one attached hydrogen (secondary N) is 1. The molecule has 0 radical (unpaired) electrons. The van der Waals surface area contributed by atoms with Crippen molar-refractivity contribution in [3.63, 3.8) is 0 Å². The maximum absolute atomic E-state index is 15.4. The molecule has 0 aliphatic carbocycles. The van der Waals surface area contributed by atoms with Gasteiger partial charge in [0.25, 0.3) is 11.8 Å². The predicted molar refractivity (Wildman–Crippen MR) is 137 cm³/mol. The molecule has 0 unspecified atom stereocenters. The highest BCUT2D eigenvalue weighted by Gasteiger charge is 2.73. The molecule has 0 atom stereocenters. The third-order valence-corrected chi connectivity index (χ3v) is 6.79. The third kappa shape index (κ3) is 6.38. The Morgan fingerprint density at radius 1 is 0.884 bits per heavy atom. The van der Waals surface area contributed by atoms with E-state index in [1.54, 1.807) is 11.4 Å². The van der Waals surface area contributed by atoms with Crippen LogP contribution in [-0.2, 0) is 11.8 Å². The molecule has 5 nitrogen and oxygen atoms in total. The maximum Gasteiger partial charge on any atom is 0.435 e. The van der Waals surface area contributed by atoms with Gasteiger partial charge in [-0.25, -0.2) is 8.78 Å². The zero-order valence-electron chi connectivity index (χ0n) is 20.9. The number of alkyl halides is 10. The van der Waals surface area contributed by atoms with Crippen LogP contribution in [0.1, 0.15) is 37.4 Å². The molecule has 0 aliphatic heterocycles. The summed E-state index contributed by atoms with van der Waals surface area (Å²) in [7, 11) is 1.08. The van der Waals surface area contributed by atoms with E-state index in [2.05, 4.69) is 0 Å². The van der Waals surface area contributed by atoms with Crippen LogP contribution in [0, 0.1) is 20.7 Å². The second-order valence-electron chi connectivity index (χ2n) is 8.68. The van der Waals surface area contributed by atoms with Gasteiger partial charge in [0.1, 0.15) is 0 Å². The summed E-state index contributed by atoms with van der Waals surface area (Å²) in [6, 6.07) is 8.92. The molecular weight excluding hydrogens is 722 g/mol. The first-order chi connectivity index (χ1) is 19.6. The summed E-state index contributed by atoms with van der Waals surface area (Å²) in [5.41, 5.74) is -13.8. The Hall–Kier alpha value is -3.95. The normalized spacial score (nSPS) is 12.5. The molecule has 0 saturated carbocycles. The zero-order valence-corrected chi connectivity index (χ0v) is 23.1. The minimum atomic E-state index is -6.72.